The van der Waals surface area contributed by atoms with Gasteiger partial charge in [-0.2, -0.15) is 5.26 Å². The van der Waals surface area contributed by atoms with Crippen LogP contribution in [0, 0.1) is 11.3 Å². The molecule has 1 atom stereocenters. The molecule has 2 rings (SSSR count). The lowest BCUT2D eigenvalue weighted by Crippen LogP contribution is -2.26. The number of para-hydroxylation sites is 1. The predicted octanol–water partition coefficient (Wildman–Crippen LogP) is 3.08. The first-order valence-electron chi connectivity index (χ1n) is 7.54. The number of nitriles is 1. The Labute approximate surface area is 151 Å². The first-order valence-corrected chi connectivity index (χ1v) is 7.92. The van der Waals surface area contributed by atoms with E-state index < -0.39 is 6.10 Å². The van der Waals surface area contributed by atoms with Gasteiger partial charge in [0.25, 0.3) is 0 Å². The van der Waals surface area contributed by atoms with Gasteiger partial charge in [-0.25, -0.2) is 0 Å². The van der Waals surface area contributed by atoms with Crippen molar-refractivity contribution in [1.29, 1.82) is 5.26 Å². The van der Waals surface area contributed by atoms with Gasteiger partial charge >= 0.3 is 0 Å². The van der Waals surface area contributed by atoms with Crippen molar-refractivity contribution in [3.05, 3.63) is 47.0 Å². The van der Waals surface area contributed by atoms with E-state index in [4.69, 9.17) is 31.1 Å². The Morgan fingerprint density at radius 1 is 1.20 bits per heavy atom. The zero-order chi connectivity index (χ0) is 18.2. The lowest BCUT2D eigenvalue weighted by Gasteiger charge is -2.17. The van der Waals surface area contributed by atoms with Crippen LogP contribution in [-0.4, -0.2) is 38.6 Å². The maximum atomic E-state index is 10.1. The molecule has 0 aliphatic rings. The number of anilines is 1. The molecule has 0 amide bonds. The van der Waals surface area contributed by atoms with Gasteiger partial charge in [0.05, 0.1) is 24.8 Å². The quantitative estimate of drug-likeness (QED) is 0.750. The molecule has 0 aromatic heterocycles. The van der Waals surface area contributed by atoms with Crippen molar-refractivity contribution in [3.8, 4) is 23.3 Å². The SMILES string of the molecule is COc1cccc(OC)c1OCC(O)CNc1ccc(C#N)c(Cl)c1. The highest BCUT2D eigenvalue weighted by Crippen LogP contribution is 2.36. The van der Waals surface area contributed by atoms with Crippen molar-refractivity contribution in [2.24, 2.45) is 0 Å². The van der Waals surface area contributed by atoms with Gasteiger partial charge in [0.2, 0.25) is 5.75 Å². The second-order valence-corrected chi connectivity index (χ2v) is 5.55. The van der Waals surface area contributed by atoms with E-state index in [2.05, 4.69) is 5.32 Å². The molecule has 0 fully saturated rings. The highest BCUT2D eigenvalue weighted by atomic mass is 35.5. The highest BCUT2D eigenvalue weighted by molar-refractivity contribution is 6.32. The minimum absolute atomic E-state index is 0.0493. The van der Waals surface area contributed by atoms with Crippen molar-refractivity contribution < 1.29 is 19.3 Å². The van der Waals surface area contributed by atoms with E-state index in [1.54, 1.807) is 36.4 Å². The number of hydrogen-bond acceptors (Lipinski definition) is 6. The van der Waals surface area contributed by atoms with E-state index in [-0.39, 0.29) is 13.2 Å². The predicted molar refractivity (Wildman–Crippen MR) is 95.7 cm³/mol. The molecule has 0 bridgehead atoms. The normalized spacial score (nSPS) is 11.3. The standard InChI is InChI=1S/C18H19ClN2O4/c1-23-16-4-3-5-17(24-2)18(16)25-11-14(22)10-21-13-7-6-12(9-20)15(19)8-13/h3-8,14,21-22H,10-11H2,1-2H3. The molecule has 0 aliphatic carbocycles. The summed E-state index contributed by atoms with van der Waals surface area (Å²) < 4.78 is 16.1. The lowest BCUT2D eigenvalue weighted by atomic mass is 10.2. The lowest BCUT2D eigenvalue weighted by molar-refractivity contribution is 0.113. The van der Waals surface area contributed by atoms with E-state index in [1.807, 2.05) is 6.07 Å². The van der Waals surface area contributed by atoms with Crippen LogP contribution in [0.3, 0.4) is 0 Å². The Bertz CT molecular complexity index is 739. The Kier molecular flexibility index (Phi) is 6.75. The van der Waals surface area contributed by atoms with Gasteiger partial charge in [0.1, 0.15) is 18.8 Å². The van der Waals surface area contributed by atoms with Crippen molar-refractivity contribution >= 4 is 17.3 Å². The van der Waals surface area contributed by atoms with Crippen molar-refractivity contribution in [1.82, 2.24) is 0 Å². The maximum Gasteiger partial charge on any atom is 0.203 e. The van der Waals surface area contributed by atoms with Gasteiger partial charge in [-0.3, -0.25) is 0 Å². The van der Waals surface area contributed by atoms with E-state index in [9.17, 15) is 5.11 Å². The minimum atomic E-state index is -0.774. The summed E-state index contributed by atoms with van der Waals surface area (Å²) in [5.41, 5.74) is 1.11. The highest BCUT2D eigenvalue weighted by Gasteiger charge is 2.14. The summed E-state index contributed by atoms with van der Waals surface area (Å²) in [5, 5.41) is 22.4. The molecule has 25 heavy (non-hydrogen) atoms. The summed E-state index contributed by atoms with van der Waals surface area (Å²) in [4.78, 5) is 0. The number of nitrogens with one attached hydrogen (secondary N) is 1. The smallest absolute Gasteiger partial charge is 0.203 e. The third-order valence-electron chi connectivity index (χ3n) is 3.43. The molecule has 2 aromatic rings. The molecule has 0 aliphatic heterocycles. The van der Waals surface area contributed by atoms with Crippen molar-refractivity contribution in [2.75, 3.05) is 32.7 Å². The number of halogens is 1. The van der Waals surface area contributed by atoms with E-state index >= 15 is 0 Å². The fourth-order valence-electron chi connectivity index (χ4n) is 2.15. The first kappa shape index (κ1) is 18.7. The van der Waals surface area contributed by atoms with Crippen molar-refractivity contribution in [2.45, 2.75) is 6.10 Å². The monoisotopic (exact) mass is 362 g/mol. The molecule has 1 unspecified atom stereocenters. The van der Waals surface area contributed by atoms with Crippen LogP contribution in [0.25, 0.3) is 0 Å². The van der Waals surface area contributed by atoms with Gasteiger partial charge < -0.3 is 24.6 Å². The average molecular weight is 363 g/mol. The van der Waals surface area contributed by atoms with Crippen LogP contribution < -0.4 is 19.5 Å². The minimum Gasteiger partial charge on any atom is -0.493 e. The van der Waals surface area contributed by atoms with Crippen LogP contribution in [0.1, 0.15) is 5.56 Å². The van der Waals surface area contributed by atoms with E-state index in [1.165, 1.54) is 14.2 Å². The number of benzene rings is 2. The second kappa shape index (κ2) is 9.02. The fraction of sp³-hybridized carbons (Fsp3) is 0.278. The number of aliphatic hydroxyl groups is 1. The van der Waals surface area contributed by atoms with Gasteiger partial charge in [-0.15, -0.1) is 0 Å². The number of hydrogen-bond donors (Lipinski definition) is 2. The number of rotatable bonds is 8. The third kappa shape index (κ3) is 4.92. The van der Waals surface area contributed by atoms with E-state index in [0.29, 0.717) is 33.5 Å². The summed E-state index contributed by atoms with van der Waals surface area (Å²) in [7, 11) is 3.07. The summed E-state index contributed by atoms with van der Waals surface area (Å²) in [6.45, 7) is 0.299. The molecule has 0 saturated carbocycles. The summed E-state index contributed by atoms with van der Waals surface area (Å²) >= 11 is 5.98. The van der Waals surface area contributed by atoms with Gasteiger partial charge in [-0.1, -0.05) is 17.7 Å². The Morgan fingerprint density at radius 3 is 2.44 bits per heavy atom. The molecular formula is C18H19ClN2O4. The number of methoxy groups -OCH3 is 2. The van der Waals surface area contributed by atoms with Crippen LogP contribution in [0.5, 0.6) is 17.2 Å². The third-order valence-corrected chi connectivity index (χ3v) is 3.75. The Balaban J connectivity index is 1.92. The zero-order valence-corrected chi connectivity index (χ0v) is 14.7. The summed E-state index contributed by atoms with van der Waals surface area (Å²) in [6.07, 6.45) is -0.774. The average Bonchev–Trinajstić information content (AvgIpc) is 2.64. The molecule has 0 spiro atoms. The van der Waals surface area contributed by atoms with Crippen LogP contribution >= 0.6 is 11.6 Å². The van der Waals surface area contributed by atoms with Gasteiger partial charge in [0, 0.05) is 12.2 Å². The molecule has 2 aromatic carbocycles. The number of aliphatic hydroxyl groups excluding tert-OH is 1. The Morgan fingerprint density at radius 2 is 1.88 bits per heavy atom. The topological polar surface area (TPSA) is 83.7 Å². The molecule has 0 radical (unpaired) electrons. The van der Waals surface area contributed by atoms with Gasteiger partial charge in [-0.05, 0) is 30.3 Å². The van der Waals surface area contributed by atoms with Crippen LogP contribution in [0.15, 0.2) is 36.4 Å². The second-order valence-electron chi connectivity index (χ2n) is 5.14. The molecular weight excluding hydrogens is 344 g/mol. The maximum absolute atomic E-state index is 10.1. The fourth-order valence-corrected chi connectivity index (χ4v) is 2.37. The Hall–Kier alpha value is -2.62. The zero-order valence-electron chi connectivity index (χ0n) is 14.0. The molecule has 2 N–H and O–H groups in total. The van der Waals surface area contributed by atoms with Crippen LogP contribution in [0.4, 0.5) is 5.69 Å². The van der Waals surface area contributed by atoms with Crippen LogP contribution in [0.2, 0.25) is 5.02 Å². The van der Waals surface area contributed by atoms with E-state index in [0.717, 1.165) is 0 Å². The van der Waals surface area contributed by atoms with Gasteiger partial charge in [0.15, 0.2) is 11.5 Å². The largest absolute Gasteiger partial charge is 0.493 e. The summed E-state index contributed by atoms with van der Waals surface area (Å²) in [5.74, 6) is 1.49. The van der Waals surface area contributed by atoms with Crippen LogP contribution in [-0.2, 0) is 0 Å². The van der Waals surface area contributed by atoms with Crippen molar-refractivity contribution in [3.63, 3.8) is 0 Å². The molecule has 0 heterocycles. The first-order chi connectivity index (χ1) is 12.1. The number of ether oxygens (including phenoxy) is 3. The molecule has 7 heteroatoms. The number of nitrogens with zero attached hydrogens (tertiary/aromatic N) is 1. The summed E-state index contributed by atoms with van der Waals surface area (Å²) in [6, 6.07) is 12.3. The molecule has 6 nitrogen and oxygen atoms in total. The molecule has 0 saturated heterocycles. The molecule has 132 valence electrons.